The number of hydrogen-bond acceptors (Lipinski definition) is 4. The molecule has 0 N–H and O–H groups in total. The van der Waals surface area contributed by atoms with Gasteiger partial charge in [0.2, 0.25) is 0 Å². The molecule has 3 aromatic rings. The van der Waals surface area contributed by atoms with Gasteiger partial charge in [0.25, 0.3) is 5.91 Å². The molecule has 0 radical (unpaired) electrons. The van der Waals surface area contributed by atoms with Gasteiger partial charge >= 0.3 is 10.1 Å². The fourth-order valence-electron chi connectivity index (χ4n) is 3.11. The van der Waals surface area contributed by atoms with Crippen LogP contribution in [0, 0.1) is 11.6 Å². The molecular formula is C24H23F2NO4S. The van der Waals surface area contributed by atoms with Gasteiger partial charge in [-0.3, -0.25) is 4.79 Å². The van der Waals surface area contributed by atoms with Gasteiger partial charge in [0.15, 0.2) is 0 Å². The SMILES string of the molecule is CC[C@H](C)N(Cc1cccc(OS(=O)(=O)c2ccc(F)cc2)c1)C(=O)c1ccccc1F. The number of benzene rings is 3. The smallest absolute Gasteiger partial charge is 0.339 e. The summed E-state index contributed by atoms with van der Waals surface area (Å²) < 4.78 is 57.4. The Morgan fingerprint density at radius 1 is 1.00 bits per heavy atom. The van der Waals surface area contributed by atoms with Gasteiger partial charge in [-0.1, -0.05) is 31.2 Å². The van der Waals surface area contributed by atoms with Crippen molar-refractivity contribution in [3.63, 3.8) is 0 Å². The summed E-state index contributed by atoms with van der Waals surface area (Å²) >= 11 is 0. The number of carbonyl (C=O) groups is 1. The molecule has 0 aliphatic carbocycles. The first-order chi connectivity index (χ1) is 15.2. The molecule has 0 heterocycles. The Morgan fingerprint density at radius 2 is 1.69 bits per heavy atom. The number of amides is 1. The third-order valence-corrected chi connectivity index (χ3v) is 6.31. The largest absolute Gasteiger partial charge is 0.379 e. The van der Waals surface area contributed by atoms with Crippen LogP contribution in [0.3, 0.4) is 0 Å². The summed E-state index contributed by atoms with van der Waals surface area (Å²) in [7, 11) is -4.16. The minimum absolute atomic E-state index is 0.0286. The van der Waals surface area contributed by atoms with Crippen molar-refractivity contribution in [2.45, 2.75) is 37.8 Å². The quantitative estimate of drug-likeness (QED) is 0.436. The Kier molecular flexibility index (Phi) is 7.25. The molecule has 0 aliphatic rings. The molecule has 0 fully saturated rings. The first kappa shape index (κ1) is 23.4. The Hall–Kier alpha value is -3.26. The predicted molar refractivity (Wildman–Crippen MR) is 117 cm³/mol. The van der Waals surface area contributed by atoms with Crippen LogP contribution in [0.25, 0.3) is 0 Å². The molecule has 0 saturated heterocycles. The van der Waals surface area contributed by atoms with Gasteiger partial charge in [-0.25, -0.2) is 8.78 Å². The normalized spacial score (nSPS) is 12.2. The van der Waals surface area contributed by atoms with E-state index in [-0.39, 0.29) is 28.8 Å². The maximum Gasteiger partial charge on any atom is 0.339 e. The molecule has 3 aromatic carbocycles. The summed E-state index contributed by atoms with van der Waals surface area (Å²) in [5, 5.41) is 0. The third-order valence-electron chi connectivity index (χ3n) is 5.05. The topological polar surface area (TPSA) is 63.7 Å². The first-order valence-electron chi connectivity index (χ1n) is 10.1. The van der Waals surface area contributed by atoms with E-state index in [4.69, 9.17) is 4.18 Å². The van der Waals surface area contributed by atoms with Crippen LogP contribution in [-0.2, 0) is 16.7 Å². The number of halogens is 2. The highest BCUT2D eigenvalue weighted by Crippen LogP contribution is 2.23. The van der Waals surface area contributed by atoms with E-state index in [1.165, 1.54) is 35.2 Å². The molecule has 3 rings (SSSR count). The first-order valence-corrected chi connectivity index (χ1v) is 11.5. The fraction of sp³-hybridized carbons (Fsp3) is 0.208. The van der Waals surface area contributed by atoms with Gasteiger partial charge in [0.1, 0.15) is 22.3 Å². The molecule has 1 atom stereocenters. The van der Waals surface area contributed by atoms with Gasteiger partial charge in [0.05, 0.1) is 5.56 Å². The van der Waals surface area contributed by atoms with Crippen molar-refractivity contribution in [2.75, 3.05) is 0 Å². The zero-order chi connectivity index (χ0) is 23.3. The predicted octanol–water partition coefficient (Wildman–Crippen LogP) is 5.17. The van der Waals surface area contributed by atoms with Crippen molar-refractivity contribution < 1.29 is 26.2 Å². The third kappa shape index (κ3) is 5.50. The average Bonchev–Trinajstić information content (AvgIpc) is 2.77. The molecule has 32 heavy (non-hydrogen) atoms. The molecule has 0 saturated carbocycles. The summed E-state index contributed by atoms with van der Waals surface area (Å²) in [6.45, 7) is 3.91. The van der Waals surface area contributed by atoms with Crippen LogP contribution < -0.4 is 4.18 Å². The summed E-state index contributed by atoms with van der Waals surface area (Å²) in [6, 6.07) is 16.2. The van der Waals surface area contributed by atoms with Gasteiger partial charge in [-0.05, 0) is 67.4 Å². The van der Waals surface area contributed by atoms with Gasteiger partial charge in [0, 0.05) is 12.6 Å². The van der Waals surface area contributed by atoms with Crippen LogP contribution in [0.1, 0.15) is 36.2 Å². The average molecular weight is 460 g/mol. The second-order valence-corrected chi connectivity index (χ2v) is 8.86. The van der Waals surface area contributed by atoms with Crippen LogP contribution in [0.5, 0.6) is 5.75 Å². The Balaban J connectivity index is 1.84. The lowest BCUT2D eigenvalue weighted by Gasteiger charge is -2.29. The monoisotopic (exact) mass is 459 g/mol. The van der Waals surface area contributed by atoms with Crippen LogP contribution >= 0.6 is 0 Å². The van der Waals surface area contributed by atoms with Gasteiger partial charge in [-0.2, -0.15) is 8.42 Å². The molecule has 0 unspecified atom stereocenters. The van der Waals surface area contributed by atoms with E-state index >= 15 is 0 Å². The zero-order valence-electron chi connectivity index (χ0n) is 17.7. The van der Waals surface area contributed by atoms with Crippen molar-refractivity contribution in [3.05, 3.63) is 95.6 Å². The standard InChI is InChI=1S/C24H23F2NO4S/c1-3-17(2)27(24(28)22-9-4-5-10-23(22)26)16-18-7-6-8-20(15-18)31-32(29,30)21-13-11-19(25)12-14-21/h4-15,17H,3,16H2,1-2H3/t17-/m0/s1. The second kappa shape index (κ2) is 9.91. The van der Waals surface area contributed by atoms with Crippen LogP contribution in [-0.4, -0.2) is 25.3 Å². The van der Waals surface area contributed by atoms with Gasteiger partial charge in [-0.15, -0.1) is 0 Å². The van der Waals surface area contributed by atoms with E-state index in [1.807, 2.05) is 13.8 Å². The highest BCUT2D eigenvalue weighted by Gasteiger charge is 2.24. The lowest BCUT2D eigenvalue weighted by atomic mass is 10.1. The number of nitrogens with zero attached hydrogens (tertiary/aromatic N) is 1. The van der Waals surface area contributed by atoms with E-state index in [9.17, 15) is 22.0 Å². The van der Waals surface area contributed by atoms with Crippen LogP contribution in [0.4, 0.5) is 8.78 Å². The maximum absolute atomic E-state index is 14.2. The Bertz CT molecular complexity index is 1200. The molecule has 0 bridgehead atoms. The molecule has 1 amide bonds. The van der Waals surface area contributed by atoms with Crippen molar-refractivity contribution in [1.29, 1.82) is 0 Å². The highest BCUT2D eigenvalue weighted by atomic mass is 32.2. The van der Waals surface area contributed by atoms with Crippen LogP contribution in [0.2, 0.25) is 0 Å². The molecule has 0 aliphatic heterocycles. The summed E-state index contributed by atoms with van der Waals surface area (Å²) in [5.41, 5.74) is 0.584. The van der Waals surface area contributed by atoms with Crippen molar-refractivity contribution in [1.82, 2.24) is 4.90 Å². The summed E-state index contributed by atoms with van der Waals surface area (Å²) in [5.74, 6) is -1.57. The van der Waals surface area contributed by atoms with Crippen molar-refractivity contribution in [2.24, 2.45) is 0 Å². The maximum atomic E-state index is 14.2. The molecular weight excluding hydrogens is 436 g/mol. The molecule has 168 valence electrons. The molecule has 5 nitrogen and oxygen atoms in total. The van der Waals surface area contributed by atoms with E-state index < -0.39 is 27.7 Å². The van der Waals surface area contributed by atoms with Crippen LogP contribution in [0.15, 0.2) is 77.7 Å². The second-order valence-electron chi connectivity index (χ2n) is 7.31. The number of rotatable bonds is 8. The van der Waals surface area contributed by atoms with E-state index in [1.54, 1.807) is 18.2 Å². The number of carbonyl (C=O) groups excluding carboxylic acids is 1. The van der Waals surface area contributed by atoms with E-state index in [0.717, 1.165) is 24.3 Å². The van der Waals surface area contributed by atoms with Crippen molar-refractivity contribution >= 4 is 16.0 Å². The minimum Gasteiger partial charge on any atom is -0.379 e. The molecule has 0 spiro atoms. The van der Waals surface area contributed by atoms with E-state index in [0.29, 0.717) is 12.0 Å². The lowest BCUT2D eigenvalue weighted by Crippen LogP contribution is -2.38. The van der Waals surface area contributed by atoms with Gasteiger partial charge < -0.3 is 9.08 Å². The number of hydrogen-bond donors (Lipinski definition) is 0. The molecule has 8 heteroatoms. The Labute approximate surface area is 186 Å². The highest BCUT2D eigenvalue weighted by molar-refractivity contribution is 7.87. The zero-order valence-corrected chi connectivity index (χ0v) is 18.5. The summed E-state index contributed by atoms with van der Waals surface area (Å²) in [6.07, 6.45) is 0.648. The summed E-state index contributed by atoms with van der Waals surface area (Å²) in [4.78, 5) is 14.4. The van der Waals surface area contributed by atoms with Crippen molar-refractivity contribution in [3.8, 4) is 5.75 Å². The fourth-order valence-corrected chi connectivity index (χ4v) is 4.03. The lowest BCUT2D eigenvalue weighted by molar-refractivity contribution is 0.0666. The minimum atomic E-state index is -4.16. The molecule has 0 aromatic heterocycles. The Morgan fingerprint density at radius 3 is 2.34 bits per heavy atom. The van der Waals surface area contributed by atoms with E-state index in [2.05, 4.69) is 0 Å².